The molecule has 21 heavy (non-hydrogen) atoms. The van der Waals surface area contributed by atoms with Gasteiger partial charge in [0.1, 0.15) is 0 Å². The molecule has 1 N–H and O–H groups in total. The Labute approximate surface area is 123 Å². The Morgan fingerprint density at radius 3 is 1.76 bits per heavy atom. The van der Waals surface area contributed by atoms with Gasteiger partial charge in [0.05, 0.1) is 6.10 Å². The standard InChI is InChI=1S/C15H27F5O/c1-2-3-4-5-6-7-8-10-13(21)11-9-12-14(16,17)15(18,19)20/h13,21H,2-12H2,1H3. The van der Waals surface area contributed by atoms with E-state index in [1.807, 2.05) is 0 Å². The van der Waals surface area contributed by atoms with Crippen LogP contribution in [-0.2, 0) is 0 Å². The highest BCUT2D eigenvalue weighted by atomic mass is 19.4. The maximum Gasteiger partial charge on any atom is 0.453 e. The normalized spacial score (nSPS) is 14.4. The number of halogens is 5. The number of rotatable bonds is 12. The van der Waals surface area contributed by atoms with Crippen molar-refractivity contribution in [2.24, 2.45) is 0 Å². The average Bonchev–Trinajstić information content (AvgIpc) is 2.36. The summed E-state index contributed by atoms with van der Waals surface area (Å²) in [7, 11) is 0. The first kappa shape index (κ1) is 20.6. The molecule has 0 rings (SSSR count). The lowest BCUT2D eigenvalue weighted by Crippen LogP contribution is -2.36. The highest BCUT2D eigenvalue weighted by Crippen LogP contribution is 2.39. The first-order valence-corrected chi connectivity index (χ1v) is 7.83. The predicted octanol–water partition coefficient (Wildman–Crippen LogP) is 5.86. The average molecular weight is 318 g/mol. The van der Waals surface area contributed by atoms with Crippen molar-refractivity contribution < 1.29 is 27.1 Å². The van der Waals surface area contributed by atoms with E-state index < -0.39 is 24.6 Å². The van der Waals surface area contributed by atoms with Crippen molar-refractivity contribution in [2.45, 2.75) is 95.8 Å². The van der Waals surface area contributed by atoms with Crippen molar-refractivity contribution in [1.29, 1.82) is 0 Å². The van der Waals surface area contributed by atoms with Gasteiger partial charge < -0.3 is 5.11 Å². The molecule has 1 atom stereocenters. The largest absolute Gasteiger partial charge is 0.453 e. The predicted molar refractivity (Wildman–Crippen MR) is 73.5 cm³/mol. The smallest absolute Gasteiger partial charge is 0.393 e. The third-order valence-corrected chi connectivity index (χ3v) is 3.58. The Hall–Kier alpha value is -0.390. The second-order valence-electron chi connectivity index (χ2n) is 5.66. The molecule has 0 amide bonds. The van der Waals surface area contributed by atoms with Gasteiger partial charge in [-0.2, -0.15) is 22.0 Å². The van der Waals surface area contributed by atoms with E-state index in [4.69, 9.17) is 0 Å². The molecule has 0 saturated heterocycles. The lowest BCUT2D eigenvalue weighted by atomic mass is 10.0. The third kappa shape index (κ3) is 10.0. The quantitative estimate of drug-likeness (QED) is 0.353. The first-order chi connectivity index (χ1) is 9.70. The van der Waals surface area contributed by atoms with Crippen LogP contribution >= 0.6 is 0 Å². The van der Waals surface area contributed by atoms with E-state index in [0.29, 0.717) is 6.42 Å². The minimum absolute atomic E-state index is 0.00149. The van der Waals surface area contributed by atoms with E-state index in [0.717, 1.165) is 25.7 Å². The van der Waals surface area contributed by atoms with Gasteiger partial charge in [-0.15, -0.1) is 0 Å². The summed E-state index contributed by atoms with van der Waals surface area (Å²) in [6.45, 7) is 2.14. The SMILES string of the molecule is CCCCCCCCCC(O)CCCC(F)(F)C(F)(F)F. The second kappa shape index (κ2) is 10.4. The molecule has 1 unspecified atom stereocenters. The Bertz CT molecular complexity index is 253. The van der Waals surface area contributed by atoms with Gasteiger partial charge in [-0.3, -0.25) is 0 Å². The van der Waals surface area contributed by atoms with E-state index in [-0.39, 0.29) is 12.8 Å². The topological polar surface area (TPSA) is 20.2 Å². The zero-order valence-corrected chi connectivity index (χ0v) is 12.7. The molecule has 0 fully saturated rings. The van der Waals surface area contributed by atoms with Crippen LogP contribution in [0.1, 0.15) is 77.6 Å². The van der Waals surface area contributed by atoms with Crippen LogP contribution in [0, 0.1) is 0 Å². The summed E-state index contributed by atoms with van der Waals surface area (Å²) in [6.07, 6.45) is 0.258. The highest BCUT2D eigenvalue weighted by Gasteiger charge is 2.56. The molecule has 0 aromatic rings. The number of aliphatic hydroxyl groups is 1. The van der Waals surface area contributed by atoms with Gasteiger partial charge in [0, 0.05) is 6.42 Å². The van der Waals surface area contributed by atoms with Crippen molar-refractivity contribution in [3.63, 3.8) is 0 Å². The maximum atomic E-state index is 12.6. The molecule has 0 bridgehead atoms. The summed E-state index contributed by atoms with van der Waals surface area (Å²) in [5.41, 5.74) is 0. The maximum absolute atomic E-state index is 12.6. The van der Waals surface area contributed by atoms with E-state index in [1.165, 1.54) is 19.3 Å². The van der Waals surface area contributed by atoms with Crippen LogP contribution in [0.25, 0.3) is 0 Å². The van der Waals surface area contributed by atoms with Gasteiger partial charge in [-0.25, -0.2) is 0 Å². The lowest BCUT2D eigenvalue weighted by Gasteiger charge is -2.20. The molecule has 0 aliphatic carbocycles. The van der Waals surface area contributed by atoms with Crippen LogP contribution in [0.5, 0.6) is 0 Å². The summed E-state index contributed by atoms with van der Waals surface area (Å²) in [4.78, 5) is 0. The van der Waals surface area contributed by atoms with Crippen LogP contribution in [0.15, 0.2) is 0 Å². The first-order valence-electron chi connectivity index (χ1n) is 7.83. The fourth-order valence-corrected chi connectivity index (χ4v) is 2.18. The van der Waals surface area contributed by atoms with Crippen LogP contribution < -0.4 is 0 Å². The van der Waals surface area contributed by atoms with Crippen LogP contribution in [-0.4, -0.2) is 23.3 Å². The zero-order chi connectivity index (χ0) is 16.4. The Morgan fingerprint density at radius 1 is 0.762 bits per heavy atom. The summed E-state index contributed by atoms with van der Waals surface area (Å²) < 4.78 is 61.0. The Kier molecular flexibility index (Phi) is 10.2. The van der Waals surface area contributed by atoms with Gasteiger partial charge in [0.15, 0.2) is 0 Å². The molecular weight excluding hydrogens is 291 g/mol. The highest BCUT2D eigenvalue weighted by molar-refractivity contribution is 4.76. The van der Waals surface area contributed by atoms with Crippen molar-refractivity contribution in [2.75, 3.05) is 0 Å². The summed E-state index contributed by atoms with van der Waals surface area (Å²) in [5, 5.41) is 9.56. The zero-order valence-electron chi connectivity index (χ0n) is 12.7. The lowest BCUT2D eigenvalue weighted by molar-refractivity contribution is -0.284. The van der Waals surface area contributed by atoms with Crippen LogP contribution in [0.3, 0.4) is 0 Å². The number of hydrogen-bond acceptors (Lipinski definition) is 1. The third-order valence-electron chi connectivity index (χ3n) is 3.58. The Morgan fingerprint density at radius 2 is 1.24 bits per heavy atom. The van der Waals surface area contributed by atoms with Crippen molar-refractivity contribution in [1.82, 2.24) is 0 Å². The van der Waals surface area contributed by atoms with Gasteiger partial charge >= 0.3 is 12.1 Å². The van der Waals surface area contributed by atoms with E-state index in [1.54, 1.807) is 0 Å². The summed E-state index contributed by atoms with van der Waals surface area (Å²) in [6, 6.07) is 0. The number of alkyl halides is 5. The van der Waals surface area contributed by atoms with E-state index in [2.05, 4.69) is 6.92 Å². The minimum atomic E-state index is -5.49. The van der Waals surface area contributed by atoms with Gasteiger partial charge in [-0.1, -0.05) is 51.9 Å². The monoisotopic (exact) mass is 318 g/mol. The molecule has 6 heteroatoms. The van der Waals surface area contributed by atoms with Crippen LogP contribution in [0.4, 0.5) is 22.0 Å². The molecule has 0 aromatic heterocycles. The second-order valence-corrected chi connectivity index (χ2v) is 5.66. The summed E-state index contributed by atoms with van der Waals surface area (Å²) in [5.74, 6) is -4.65. The minimum Gasteiger partial charge on any atom is -0.393 e. The molecule has 0 spiro atoms. The molecule has 0 aromatic carbocycles. The molecule has 0 aliphatic rings. The van der Waals surface area contributed by atoms with E-state index in [9.17, 15) is 27.1 Å². The molecule has 0 saturated carbocycles. The number of unbranched alkanes of at least 4 members (excludes halogenated alkanes) is 6. The van der Waals surface area contributed by atoms with Gasteiger partial charge in [-0.05, 0) is 19.3 Å². The fourth-order valence-electron chi connectivity index (χ4n) is 2.18. The molecule has 128 valence electrons. The van der Waals surface area contributed by atoms with Gasteiger partial charge in [0.2, 0.25) is 0 Å². The van der Waals surface area contributed by atoms with E-state index >= 15 is 0 Å². The molecule has 0 radical (unpaired) electrons. The van der Waals surface area contributed by atoms with Crippen LogP contribution in [0.2, 0.25) is 0 Å². The van der Waals surface area contributed by atoms with Crippen molar-refractivity contribution in [3.05, 3.63) is 0 Å². The van der Waals surface area contributed by atoms with Crippen molar-refractivity contribution in [3.8, 4) is 0 Å². The Balaban J connectivity index is 3.57. The molecule has 1 nitrogen and oxygen atoms in total. The number of hydrogen-bond donors (Lipinski definition) is 1. The molecule has 0 heterocycles. The molecule has 0 aliphatic heterocycles. The summed E-state index contributed by atoms with van der Waals surface area (Å²) >= 11 is 0. The van der Waals surface area contributed by atoms with Gasteiger partial charge in [0.25, 0.3) is 0 Å². The fraction of sp³-hybridized carbons (Fsp3) is 1.00. The number of aliphatic hydroxyl groups excluding tert-OH is 1. The van der Waals surface area contributed by atoms with Crippen molar-refractivity contribution >= 4 is 0 Å². The molecular formula is C15H27F5O.